The van der Waals surface area contributed by atoms with E-state index in [9.17, 15) is 4.39 Å². The number of rotatable bonds is 4. The van der Waals surface area contributed by atoms with Crippen molar-refractivity contribution in [3.05, 3.63) is 35.6 Å². The van der Waals surface area contributed by atoms with E-state index >= 15 is 0 Å². The standard InChI is InChI=1S/C14H21FN2.ClH/c1-11(13-5-3-4-6-14(13)15)17-8-7-12(10-17)9-16-2;/h3-6,11-12,16H,7-10H2,1-2H3;1H. The van der Waals surface area contributed by atoms with Gasteiger partial charge in [0.2, 0.25) is 0 Å². The Labute approximate surface area is 115 Å². The van der Waals surface area contributed by atoms with Crippen molar-refractivity contribution in [2.24, 2.45) is 5.92 Å². The van der Waals surface area contributed by atoms with Crippen molar-refractivity contribution in [1.82, 2.24) is 10.2 Å². The lowest BCUT2D eigenvalue weighted by molar-refractivity contribution is 0.247. The summed E-state index contributed by atoms with van der Waals surface area (Å²) >= 11 is 0. The molecule has 0 bridgehead atoms. The average Bonchev–Trinajstić information content (AvgIpc) is 2.78. The highest BCUT2D eigenvalue weighted by Gasteiger charge is 2.27. The fraction of sp³-hybridized carbons (Fsp3) is 0.571. The van der Waals surface area contributed by atoms with Gasteiger partial charge < -0.3 is 5.32 Å². The Morgan fingerprint density at radius 2 is 2.17 bits per heavy atom. The second-order valence-corrected chi connectivity index (χ2v) is 4.90. The average molecular weight is 273 g/mol. The van der Waals surface area contributed by atoms with Crippen LogP contribution in [-0.2, 0) is 0 Å². The quantitative estimate of drug-likeness (QED) is 0.907. The van der Waals surface area contributed by atoms with Crippen molar-refractivity contribution in [2.75, 3.05) is 26.7 Å². The van der Waals surface area contributed by atoms with Crippen LogP contribution in [-0.4, -0.2) is 31.6 Å². The van der Waals surface area contributed by atoms with E-state index in [4.69, 9.17) is 0 Å². The molecule has 0 radical (unpaired) electrons. The molecule has 1 fully saturated rings. The number of nitrogens with zero attached hydrogens (tertiary/aromatic N) is 1. The Morgan fingerprint density at radius 1 is 1.44 bits per heavy atom. The molecule has 2 nitrogen and oxygen atoms in total. The van der Waals surface area contributed by atoms with Gasteiger partial charge in [-0.3, -0.25) is 4.90 Å². The molecule has 1 saturated heterocycles. The second kappa shape index (κ2) is 7.07. The minimum atomic E-state index is -0.0860. The van der Waals surface area contributed by atoms with Gasteiger partial charge >= 0.3 is 0 Å². The first kappa shape index (κ1) is 15.4. The molecule has 0 saturated carbocycles. The van der Waals surface area contributed by atoms with Crippen LogP contribution in [0.3, 0.4) is 0 Å². The lowest BCUT2D eigenvalue weighted by atomic mass is 10.1. The maximum atomic E-state index is 13.7. The van der Waals surface area contributed by atoms with Gasteiger partial charge in [0, 0.05) is 18.2 Å². The monoisotopic (exact) mass is 272 g/mol. The van der Waals surface area contributed by atoms with Crippen LogP contribution >= 0.6 is 12.4 Å². The van der Waals surface area contributed by atoms with Crippen LogP contribution in [0.25, 0.3) is 0 Å². The molecule has 0 spiro atoms. The van der Waals surface area contributed by atoms with Crippen LogP contribution < -0.4 is 5.32 Å². The summed E-state index contributed by atoms with van der Waals surface area (Å²) in [5.74, 6) is 0.617. The Hall–Kier alpha value is -0.640. The molecule has 102 valence electrons. The van der Waals surface area contributed by atoms with Crippen LogP contribution in [0.15, 0.2) is 24.3 Å². The van der Waals surface area contributed by atoms with Gasteiger partial charge in [-0.1, -0.05) is 18.2 Å². The predicted molar refractivity (Wildman–Crippen MR) is 75.7 cm³/mol. The fourth-order valence-electron chi connectivity index (χ4n) is 2.68. The molecule has 1 aliphatic heterocycles. The van der Waals surface area contributed by atoms with Crippen LogP contribution in [0.4, 0.5) is 4.39 Å². The SMILES string of the molecule is CNCC1CCN(C(C)c2ccccc2F)C1.Cl. The van der Waals surface area contributed by atoms with E-state index in [0.717, 1.165) is 25.2 Å². The molecule has 1 aliphatic rings. The van der Waals surface area contributed by atoms with Crippen molar-refractivity contribution in [3.8, 4) is 0 Å². The summed E-state index contributed by atoms with van der Waals surface area (Å²) in [6.45, 7) is 5.29. The first-order valence-electron chi connectivity index (χ1n) is 6.35. The second-order valence-electron chi connectivity index (χ2n) is 4.90. The summed E-state index contributed by atoms with van der Waals surface area (Å²) in [6, 6.07) is 7.28. The molecule has 0 aromatic heterocycles. The molecule has 2 atom stereocenters. The van der Waals surface area contributed by atoms with Gasteiger partial charge in [-0.05, 0) is 45.5 Å². The van der Waals surface area contributed by atoms with Crippen LogP contribution in [0.1, 0.15) is 24.9 Å². The number of nitrogens with one attached hydrogen (secondary N) is 1. The molecule has 1 aromatic carbocycles. The third kappa shape index (κ3) is 3.44. The van der Waals surface area contributed by atoms with E-state index in [1.807, 2.05) is 19.2 Å². The van der Waals surface area contributed by atoms with Gasteiger partial charge in [0.25, 0.3) is 0 Å². The molecule has 2 unspecified atom stereocenters. The Balaban J connectivity index is 0.00000162. The Bertz CT molecular complexity index is 373. The van der Waals surface area contributed by atoms with Gasteiger partial charge in [0.05, 0.1) is 0 Å². The molecular formula is C14H22ClFN2. The predicted octanol–water partition coefficient (Wildman–Crippen LogP) is 2.85. The molecule has 1 N–H and O–H groups in total. The van der Waals surface area contributed by atoms with Gasteiger partial charge in [-0.25, -0.2) is 4.39 Å². The molecular weight excluding hydrogens is 251 g/mol. The van der Waals surface area contributed by atoms with E-state index in [0.29, 0.717) is 5.92 Å². The summed E-state index contributed by atoms with van der Waals surface area (Å²) < 4.78 is 13.7. The van der Waals surface area contributed by atoms with Crippen LogP contribution in [0.5, 0.6) is 0 Å². The fourth-order valence-corrected chi connectivity index (χ4v) is 2.68. The van der Waals surface area contributed by atoms with Crippen molar-refractivity contribution in [3.63, 3.8) is 0 Å². The van der Waals surface area contributed by atoms with E-state index in [1.54, 1.807) is 12.1 Å². The van der Waals surface area contributed by atoms with Crippen molar-refractivity contribution < 1.29 is 4.39 Å². The maximum Gasteiger partial charge on any atom is 0.127 e. The van der Waals surface area contributed by atoms with Crippen LogP contribution in [0.2, 0.25) is 0 Å². The number of hydrogen-bond acceptors (Lipinski definition) is 2. The molecule has 1 aromatic rings. The van der Waals surface area contributed by atoms with Crippen LogP contribution in [0, 0.1) is 11.7 Å². The highest BCUT2D eigenvalue weighted by atomic mass is 35.5. The summed E-state index contributed by atoms with van der Waals surface area (Å²) in [5, 5.41) is 3.22. The number of benzene rings is 1. The molecule has 18 heavy (non-hydrogen) atoms. The third-order valence-electron chi connectivity index (χ3n) is 3.71. The first-order chi connectivity index (χ1) is 8.22. The molecule has 4 heteroatoms. The summed E-state index contributed by atoms with van der Waals surface area (Å²) in [5.41, 5.74) is 0.817. The number of likely N-dealkylation sites (tertiary alicyclic amines) is 1. The van der Waals surface area contributed by atoms with Gasteiger partial charge in [0.15, 0.2) is 0 Å². The maximum absolute atomic E-state index is 13.7. The third-order valence-corrected chi connectivity index (χ3v) is 3.71. The van der Waals surface area contributed by atoms with E-state index in [1.165, 1.54) is 6.42 Å². The first-order valence-corrected chi connectivity index (χ1v) is 6.35. The molecule has 2 rings (SSSR count). The van der Waals surface area contributed by atoms with E-state index < -0.39 is 0 Å². The lowest BCUT2D eigenvalue weighted by Crippen LogP contribution is -2.27. The normalized spacial score (nSPS) is 21.6. The Kier molecular flexibility index (Phi) is 6.06. The highest BCUT2D eigenvalue weighted by Crippen LogP contribution is 2.28. The van der Waals surface area contributed by atoms with Crippen molar-refractivity contribution in [2.45, 2.75) is 19.4 Å². The van der Waals surface area contributed by atoms with E-state index in [-0.39, 0.29) is 24.3 Å². The van der Waals surface area contributed by atoms with Crippen molar-refractivity contribution in [1.29, 1.82) is 0 Å². The van der Waals surface area contributed by atoms with E-state index in [2.05, 4.69) is 17.1 Å². The number of halogens is 2. The van der Waals surface area contributed by atoms with Gasteiger partial charge in [-0.15, -0.1) is 12.4 Å². The minimum absolute atomic E-state index is 0. The van der Waals surface area contributed by atoms with Gasteiger partial charge in [0.1, 0.15) is 5.82 Å². The zero-order chi connectivity index (χ0) is 12.3. The topological polar surface area (TPSA) is 15.3 Å². The zero-order valence-corrected chi connectivity index (χ0v) is 11.8. The van der Waals surface area contributed by atoms with Gasteiger partial charge in [-0.2, -0.15) is 0 Å². The largest absolute Gasteiger partial charge is 0.319 e. The zero-order valence-electron chi connectivity index (χ0n) is 11.0. The molecule has 0 amide bonds. The number of hydrogen-bond donors (Lipinski definition) is 1. The highest BCUT2D eigenvalue weighted by molar-refractivity contribution is 5.85. The minimum Gasteiger partial charge on any atom is -0.319 e. The van der Waals surface area contributed by atoms with Crippen molar-refractivity contribution >= 4 is 12.4 Å². The molecule has 1 heterocycles. The molecule has 0 aliphatic carbocycles. The summed E-state index contributed by atoms with van der Waals surface area (Å²) in [6.07, 6.45) is 1.21. The summed E-state index contributed by atoms with van der Waals surface area (Å²) in [7, 11) is 1.99. The smallest absolute Gasteiger partial charge is 0.127 e. The summed E-state index contributed by atoms with van der Waals surface area (Å²) in [4.78, 5) is 2.38. The lowest BCUT2D eigenvalue weighted by Gasteiger charge is -2.25. The Morgan fingerprint density at radius 3 is 2.83 bits per heavy atom.